The van der Waals surface area contributed by atoms with Gasteiger partial charge in [-0.2, -0.15) is 5.10 Å². The van der Waals surface area contributed by atoms with E-state index in [9.17, 15) is 9.59 Å². The van der Waals surface area contributed by atoms with Crippen molar-refractivity contribution in [2.24, 2.45) is 0 Å². The topological polar surface area (TPSA) is 111 Å². The minimum atomic E-state index is -0.459. The number of carbonyl (C=O) groups excluding carboxylic acids is 2. The van der Waals surface area contributed by atoms with Crippen molar-refractivity contribution in [3.8, 4) is 0 Å². The summed E-state index contributed by atoms with van der Waals surface area (Å²) in [5.74, 6) is 0.0179. The lowest BCUT2D eigenvalue weighted by atomic mass is 10.1. The molecule has 32 heavy (non-hydrogen) atoms. The second-order valence-electron chi connectivity index (χ2n) is 8.48. The average molecular weight is 445 g/mol. The van der Waals surface area contributed by atoms with Crippen LogP contribution in [0, 0.1) is 6.92 Å². The SMILES string of the molecule is COC(=O)NCCCn1nc([C@@H](C)N(C(=O)[C@H]2CNCCO2)C2CC2)c2ncc(C)cc21. The summed E-state index contributed by atoms with van der Waals surface area (Å²) >= 11 is 0. The van der Waals surface area contributed by atoms with E-state index in [0.717, 1.165) is 41.7 Å². The van der Waals surface area contributed by atoms with E-state index >= 15 is 0 Å². The van der Waals surface area contributed by atoms with Gasteiger partial charge in [0.1, 0.15) is 17.3 Å². The maximum Gasteiger partial charge on any atom is 0.406 e. The van der Waals surface area contributed by atoms with Crippen molar-refractivity contribution >= 4 is 23.0 Å². The molecule has 1 saturated heterocycles. The minimum Gasteiger partial charge on any atom is -0.453 e. The highest BCUT2D eigenvalue weighted by atomic mass is 16.5. The van der Waals surface area contributed by atoms with Gasteiger partial charge in [-0.1, -0.05) is 0 Å². The molecule has 1 saturated carbocycles. The fourth-order valence-corrected chi connectivity index (χ4v) is 4.18. The molecule has 1 aliphatic carbocycles. The lowest BCUT2D eigenvalue weighted by Gasteiger charge is -2.33. The van der Waals surface area contributed by atoms with Crippen LogP contribution < -0.4 is 10.6 Å². The molecule has 0 spiro atoms. The molecule has 0 unspecified atom stereocenters. The molecular weight excluding hydrogens is 412 g/mol. The summed E-state index contributed by atoms with van der Waals surface area (Å²) in [6.45, 7) is 6.97. The first-order chi connectivity index (χ1) is 15.5. The van der Waals surface area contributed by atoms with Crippen molar-refractivity contribution in [2.45, 2.75) is 57.8 Å². The third-order valence-electron chi connectivity index (χ3n) is 5.97. The van der Waals surface area contributed by atoms with Crippen molar-refractivity contribution in [3.05, 3.63) is 23.5 Å². The first kappa shape index (κ1) is 22.5. The molecular formula is C22H32N6O4. The first-order valence-electron chi connectivity index (χ1n) is 11.3. The molecule has 2 aliphatic rings. The zero-order valence-electron chi connectivity index (χ0n) is 19.0. The molecule has 10 heteroatoms. The molecule has 0 radical (unpaired) electrons. The summed E-state index contributed by atoms with van der Waals surface area (Å²) in [6.07, 6.45) is 3.63. The van der Waals surface area contributed by atoms with Crippen molar-refractivity contribution in [3.63, 3.8) is 0 Å². The molecule has 2 aromatic heterocycles. The highest BCUT2D eigenvalue weighted by Gasteiger charge is 2.41. The number of amides is 2. The fraction of sp³-hybridized carbons (Fsp3) is 0.636. The van der Waals surface area contributed by atoms with Crippen molar-refractivity contribution in [1.82, 2.24) is 30.3 Å². The van der Waals surface area contributed by atoms with E-state index < -0.39 is 12.2 Å². The number of rotatable bonds is 8. The number of carbonyl (C=O) groups is 2. The van der Waals surface area contributed by atoms with Crippen LogP contribution in [0.2, 0.25) is 0 Å². The highest BCUT2D eigenvalue weighted by Crippen LogP contribution is 2.36. The Morgan fingerprint density at radius 1 is 1.44 bits per heavy atom. The van der Waals surface area contributed by atoms with E-state index in [-0.39, 0.29) is 18.0 Å². The number of hydrogen-bond donors (Lipinski definition) is 2. The number of fused-ring (bicyclic) bond motifs is 1. The first-order valence-corrected chi connectivity index (χ1v) is 11.3. The molecule has 4 rings (SSSR count). The third kappa shape index (κ3) is 4.86. The molecule has 0 bridgehead atoms. The molecule has 0 aromatic carbocycles. The summed E-state index contributed by atoms with van der Waals surface area (Å²) in [7, 11) is 1.35. The Bertz CT molecular complexity index is 967. The number of morpholine rings is 1. The van der Waals surface area contributed by atoms with Crippen LogP contribution in [0.15, 0.2) is 12.3 Å². The zero-order chi connectivity index (χ0) is 22.7. The van der Waals surface area contributed by atoms with Gasteiger partial charge in [0.2, 0.25) is 0 Å². The second-order valence-corrected chi connectivity index (χ2v) is 8.48. The van der Waals surface area contributed by atoms with Gasteiger partial charge in [0.15, 0.2) is 0 Å². The number of alkyl carbamates (subject to hydrolysis) is 1. The van der Waals surface area contributed by atoms with Crippen LogP contribution in [0.1, 0.15) is 43.5 Å². The van der Waals surface area contributed by atoms with Gasteiger partial charge < -0.3 is 25.0 Å². The average Bonchev–Trinajstić information content (AvgIpc) is 3.58. The molecule has 1 aliphatic heterocycles. The standard InChI is InChI=1S/C22H32N6O4/c1-14-11-17-20(25-12-14)19(26-27(17)9-4-7-24-22(30)31-3)15(2)28(16-5-6-16)21(29)18-13-23-8-10-32-18/h11-12,15-16,18,23H,4-10,13H2,1-3H3,(H,24,30)/t15-,18-/m1/s1. The van der Waals surface area contributed by atoms with Crippen molar-refractivity contribution in [2.75, 3.05) is 33.4 Å². The van der Waals surface area contributed by atoms with Gasteiger partial charge in [0.25, 0.3) is 5.91 Å². The van der Waals surface area contributed by atoms with Gasteiger partial charge in [-0.15, -0.1) is 0 Å². The van der Waals surface area contributed by atoms with E-state index in [1.54, 1.807) is 0 Å². The van der Waals surface area contributed by atoms with E-state index in [2.05, 4.69) is 26.4 Å². The molecule has 10 nitrogen and oxygen atoms in total. The largest absolute Gasteiger partial charge is 0.453 e. The van der Waals surface area contributed by atoms with E-state index in [1.807, 2.05) is 29.6 Å². The summed E-state index contributed by atoms with van der Waals surface area (Å²) in [5, 5.41) is 10.8. The van der Waals surface area contributed by atoms with E-state index in [4.69, 9.17) is 9.84 Å². The predicted octanol–water partition coefficient (Wildman–Crippen LogP) is 1.53. The number of nitrogens with zero attached hydrogens (tertiary/aromatic N) is 4. The number of aryl methyl sites for hydroxylation is 2. The van der Waals surface area contributed by atoms with Crippen LogP contribution in [0.3, 0.4) is 0 Å². The quantitative estimate of drug-likeness (QED) is 0.594. The number of methoxy groups -OCH3 is 1. The van der Waals surface area contributed by atoms with Gasteiger partial charge in [-0.25, -0.2) is 4.79 Å². The van der Waals surface area contributed by atoms with E-state index in [1.165, 1.54) is 7.11 Å². The minimum absolute atomic E-state index is 0.0179. The Morgan fingerprint density at radius 3 is 2.94 bits per heavy atom. The summed E-state index contributed by atoms with van der Waals surface area (Å²) in [6, 6.07) is 2.07. The van der Waals surface area contributed by atoms with Gasteiger partial charge in [-0.3, -0.25) is 14.5 Å². The Labute approximate surface area is 187 Å². The summed E-state index contributed by atoms with van der Waals surface area (Å²) in [4.78, 5) is 31.3. The molecule has 2 aromatic rings. The smallest absolute Gasteiger partial charge is 0.406 e. The van der Waals surface area contributed by atoms with Crippen molar-refractivity contribution < 1.29 is 19.1 Å². The normalized spacial score (nSPS) is 19.5. The molecule has 2 fully saturated rings. The maximum atomic E-state index is 13.3. The second kappa shape index (κ2) is 9.83. The highest BCUT2D eigenvalue weighted by molar-refractivity contribution is 5.84. The molecule has 2 atom stereocenters. The lowest BCUT2D eigenvalue weighted by Crippen LogP contribution is -2.50. The van der Waals surface area contributed by atoms with Crippen LogP contribution in [0.5, 0.6) is 0 Å². The monoisotopic (exact) mass is 444 g/mol. The van der Waals surface area contributed by atoms with Crippen molar-refractivity contribution in [1.29, 1.82) is 0 Å². The fourth-order valence-electron chi connectivity index (χ4n) is 4.18. The number of ether oxygens (including phenoxy) is 2. The number of pyridine rings is 1. The maximum absolute atomic E-state index is 13.3. The van der Waals surface area contributed by atoms with Gasteiger partial charge in [-0.05, 0) is 44.7 Å². The Balaban J connectivity index is 1.57. The van der Waals surface area contributed by atoms with Crippen LogP contribution in [-0.4, -0.2) is 77.2 Å². The molecule has 3 heterocycles. The summed E-state index contributed by atoms with van der Waals surface area (Å²) < 4.78 is 12.3. The van der Waals surface area contributed by atoms with E-state index in [0.29, 0.717) is 32.7 Å². The Morgan fingerprint density at radius 2 is 2.25 bits per heavy atom. The van der Waals surface area contributed by atoms with Crippen LogP contribution in [-0.2, 0) is 20.8 Å². The van der Waals surface area contributed by atoms with Gasteiger partial charge in [0.05, 0.1) is 25.3 Å². The number of nitrogens with one attached hydrogen (secondary N) is 2. The number of hydrogen-bond acceptors (Lipinski definition) is 7. The Kier molecular flexibility index (Phi) is 6.90. The lowest BCUT2D eigenvalue weighted by molar-refractivity contribution is -0.148. The Hall–Kier alpha value is -2.72. The predicted molar refractivity (Wildman–Crippen MR) is 118 cm³/mol. The van der Waals surface area contributed by atoms with Crippen LogP contribution in [0.4, 0.5) is 4.79 Å². The van der Waals surface area contributed by atoms with Crippen LogP contribution >= 0.6 is 0 Å². The number of aromatic nitrogens is 3. The van der Waals surface area contributed by atoms with Gasteiger partial charge in [0, 0.05) is 38.4 Å². The van der Waals surface area contributed by atoms with Crippen LogP contribution in [0.25, 0.3) is 11.0 Å². The zero-order valence-corrected chi connectivity index (χ0v) is 19.0. The molecule has 174 valence electrons. The van der Waals surface area contributed by atoms with Gasteiger partial charge >= 0.3 is 6.09 Å². The molecule has 2 amide bonds. The molecule has 2 N–H and O–H groups in total. The summed E-state index contributed by atoms with van der Waals surface area (Å²) in [5.41, 5.74) is 3.58. The third-order valence-corrected chi connectivity index (χ3v) is 5.97.